The van der Waals surface area contributed by atoms with Gasteiger partial charge in [0, 0.05) is 19.6 Å². The Kier molecular flexibility index (Phi) is 11.7. The average molecular weight is 395 g/mol. The molecule has 0 aliphatic carbocycles. The number of hydrogen-bond acceptors (Lipinski definition) is 5. The molecule has 0 aromatic heterocycles. The zero-order valence-electron chi connectivity index (χ0n) is 17.2. The largest absolute Gasteiger partial charge is 0.492 e. The van der Waals surface area contributed by atoms with Gasteiger partial charge in [-0.05, 0) is 38.0 Å². The van der Waals surface area contributed by atoms with E-state index < -0.39 is 12.1 Å². The summed E-state index contributed by atoms with van der Waals surface area (Å²) >= 11 is 0. The first-order valence-corrected chi connectivity index (χ1v) is 9.99. The number of benzene rings is 1. The number of amides is 1. The highest BCUT2D eigenvalue weighted by atomic mass is 16.6. The third-order valence-corrected chi connectivity index (χ3v) is 4.18. The molecule has 1 N–H and O–H groups in total. The van der Waals surface area contributed by atoms with E-state index in [9.17, 15) is 9.59 Å². The predicted molar refractivity (Wildman–Crippen MR) is 107 cm³/mol. The van der Waals surface area contributed by atoms with Crippen LogP contribution in [-0.4, -0.2) is 61.1 Å². The third kappa shape index (κ3) is 9.08. The highest BCUT2D eigenvalue weighted by Gasteiger charge is 2.18. The molecule has 1 rings (SSSR count). The van der Waals surface area contributed by atoms with E-state index in [2.05, 4.69) is 6.92 Å². The Morgan fingerprint density at radius 3 is 2.32 bits per heavy atom. The van der Waals surface area contributed by atoms with Crippen LogP contribution in [0, 0.1) is 0 Å². The van der Waals surface area contributed by atoms with Crippen LogP contribution in [-0.2, 0) is 20.7 Å². The number of unbranched alkanes of at least 4 members (excludes halogenated alkanes) is 2. The summed E-state index contributed by atoms with van der Waals surface area (Å²) in [7, 11) is 0. The van der Waals surface area contributed by atoms with Gasteiger partial charge in [0.15, 0.2) is 6.10 Å². The van der Waals surface area contributed by atoms with Gasteiger partial charge in [-0.1, -0.05) is 31.9 Å². The Balaban J connectivity index is 2.51. The number of carboxylic acid groups (broad SMARTS) is 1. The number of ether oxygens (including phenoxy) is 3. The van der Waals surface area contributed by atoms with Crippen molar-refractivity contribution >= 4 is 12.1 Å². The minimum Gasteiger partial charge on any atom is -0.492 e. The normalized spacial score (nSPS) is 11.7. The van der Waals surface area contributed by atoms with Crippen LogP contribution in [0.5, 0.6) is 5.75 Å². The molecular weight excluding hydrogens is 362 g/mol. The zero-order valence-corrected chi connectivity index (χ0v) is 17.2. The lowest BCUT2D eigenvalue weighted by atomic mass is 10.1. The zero-order chi connectivity index (χ0) is 20.8. The van der Waals surface area contributed by atoms with Crippen molar-refractivity contribution in [2.75, 3.05) is 32.9 Å². The summed E-state index contributed by atoms with van der Waals surface area (Å²) in [5, 5.41) is 9.16. The number of nitrogens with zero attached hydrogens (tertiary/aromatic N) is 1. The molecule has 0 fully saturated rings. The second-order valence-electron chi connectivity index (χ2n) is 6.37. The maximum atomic E-state index is 12.0. The average Bonchev–Trinajstić information content (AvgIpc) is 2.68. The predicted octanol–water partition coefficient (Wildman–Crippen LogP) is 3.75. The molecule has 0 bridgehead atoms. The van der Waals surface area contributed by atoms with Gasteiger partial charge in [-0.2, -0.15) is 0 Å². The lowest BCUT2D eigenvalue weighted by Crippen LogP contribution is -2.36. The highest BCUT2D eigenvalue weighted by Crippen LogP contribution is 2.15. The first kappa shape index (κ1) is 23.8. The van der Waals surface area contributed by atoms with E-state index in [4.69, 9.17) is 19.3 Å². The molecule has 1 aromatic rings. The van der Waals surface area contributed by atoms with Gasteiger partial charge in [-0.25, -0.2) is 9.59 Å². The maximum Gasteiger partial charge on any atom is 0.409 e. The van der Waals surface area contributed by atoms with Crippen molar-refractivity contribution in [3.05, 3.63) is 29.8 Å². The van der Waals surface area contributed by atoms with Crippen molar-refractivity contribution < 1.29 is 28.9 Å². The molecule has 1 atom stereocenters. The van der Waals surface area contributed by atoms with Crippen LogP contribution in [0.15, 0.2) is 24.3 Å². The van der Waals surface area contributed by atoms with Crippen LogP contribution in [0.1, 0.15) is 45.6 Å². The van der Waals surface area contributed by atoms with Crippen LogP contribution in [0.3, 0.4) is 0 Å². The Labute approximate surface area is 167 Å². The minimum absolute atomic E-state index is 0.303. The Morgan fingerprint density at radius 2 is 1.75 bits per heavy atom. The van der Waals surface area contributed by atoms with E-state index in [0.29, 0.717) is 45.1 Å². The van der Waals surface area contributed by atoms with Crippen LogP contribution >= 0.6 is 0 Å². The van der Waals surface area contributed by atoms with E-state index in [0.717, 1.165) is 24.8 Å². The van der Waals surface area contributed by atoms with Gasteiger partial charge in [0.2, 0.25) is 0 Å². The lowest BCUT2D eigenvalue weighted by Gasteiger charge is -2.22. The number of aliphatic carboxylic acids is 1. The molecule has 0 saturated heterocycles. The topological polar surface area (TPSA) is 85.3 Å². The molecule has 28 heavy (non-hydrogen) atoms. The van der Waals surface area contributed by atoms with E-state index in [1.54, 1.807) is 30.9 Å². The second kappa shape index (κ2) is 13.8. The third-order valence-electron chi connectivity index (χ3n) is 4.18. The number of carbonyl (C=O) groups is 2. The van der Waals surface area contributed by atoms with Crippen LogP contribution in [0.2, 0.25) is 0 Å². The molecule has 1 unspecified atom stereocenters. The van der Waals surface area contributed by atoms with Gasteiger partial charge in [0.05, 0.1) is 13.2 Å². The molecule has 0 saturated carbocycles. The highest BCUT2D eigenvalue weighted by molar-refractivity contribution is 5.72. The SMILES string of the molecule is CCCCCN(CCOc1ccc(CC(OCC)C(=O)O)cc1)C(=O)OCC. The van der Waals surface area contributed by atoms with E-state index in [1.165, 1.54) is 0 Å². The first-order valence-electron chi connectivity index (χ1n) is 9.99. The van der Waals surface area contributed by atoms with Gasteiger partial charge < -0.3 is 24.2 Å². The molecule has 0 aliphatic heterocycles. The summed E-state index contributed by atoms with van der Waals surface area (Å²) in [5.74, 6) is -0.297. The Hall–Kier alpha value is -2.28. The minimum atomic E-state index is -0.968. The van der Waals surface area contributed by atoms with Gasteiger partial charge >= 0.3 is 12.1 Å². The molecule has 7 heteroatoms. The van der Waals surface area contributed by atoms with Crippen molar-refractivity contribution in [1.29, 1.82) is 0 Å². The van der Waals surface area contributed by atoms with Crippen molar-refractivity contribution in [1.82, 2.24) is 4.90 Å². The van der Waals surface area contributed by atoms with Crippen LogP contribution < -0.4 is 4.74 Å². The monoisotopic (exact) mass is 395 g/mol. The van der Waals surface area contributed by atoms with E-state index >= 15 is 0 Å². The summed E-state index contributed by atoms with van der Waals surface area (Å²) in [5.41, 5.74) is 0.862. The molecule has 0 spiro atoms. The number of carboxylic acids is 1. The summed E-state index contributed by atoms with van der Waals surface area (Å²) < 4.78 is 16.1. The Bertz CT molecular complexity index is 575. The summed E-state index contributed by atoms with van der Waals surface area (Å²) in [6.45, 7) is 7.86. The van der Waals surface area contributed by atoms with Crippen LogP contribution in [0.25, 0.3) is 0 Å². The Morgan fingerprint density at radius 1 is 1.04 bits per heavy atom. The van der Waals surface area contributed by atoms with Gasteiger partial charge in [-0.15, -0.1) is 0 Å². The van der Waals surface area contributed by atoms with E-state index in [-0.39, 0.29) is 6.09 Å². The fraction of sp³-hybridized carbons (Fsp3) is 0.619. The molecule has 158 valence electrons. The fourth-order valence-corrected chi connectivity index (χ4v) is 2.69. The van der Waals surface area contributed by atoms with Crippen molar-refractivity contribution in [2.45, 2.75) is 52.6 Å². The van der Waals surface area contributed by atoms with Gasteiger partial charge in [0.25, 0.3) is 0 Å². The van der Waals surface area contributed by atoms with Gasteiger partial charge in [0.1, 0.15) is 12.4 Å². The maximum absolute atomic E-state index is 12.0. The van der Waals surface area contributed by atoms with Crippen molar-refractivity contribution in [3.63, 3.8) is 0 Å². The number of hydrogen-bond donors (Lipinski definition) is 1. The first-order chi connectivity index (χ1) is 13.5. The van der Waals surface area contributed by atoms with Crippen LogP contribution in [0.4, 0.5) is 4.79 Å². The molecular formula is C21H33NO6. The fourth-order valence-electron chi connectivity index (χ4n) is 2.69. The molecule has 0 aliphatic rings. The molecule has 0 heterocycles. The second-order valence-corrected chi connectivity index (χ2v) is 6.37. The van der Waals surface area contributed by atoms with E-state index in [1.807, 2.05) is 12.1 Å². The lowest BCUT2D eigenvalue weighted by molar-refractivity contribution is -0.149. The molecule has 1 aromatic carbocycles. The number of rotatable bonds is 14. The van der Waals surface area contributed by atoms with Gasteiger partial charge in [-0.3, -0.25) is 0 Å². The summed E-state index contributed by atoms with van der Waals surface area (Å²) in [6, 6.07) is 7.25. The molecule has 0 radical (unpaired) electrons. The smallest absolute Gasteiger partial charge is 0.409 e. The molecule has 7 nitrogen and oxygen atoms in total. The quantitative estimate of drug-likeness (QED) is 0.483. The summed E-state index contributed by atoms with van der Waals surface area (Å²) in [4.78, 5) is 24.9. The van der Waals surface area contributed by atoms with Crippen molar-refractivity contribution in [3.8, 4) is 5.75 Å². The number of carbonyl (C=O) groups excluding carboxylic acids is 1. The summed E-state index contributed by atoms with van der Waals surface area (Å²) in [6.07, 6.45) is 2.24. The van der Waals surface area contributed by atoms with Crippen molar-refractivity contribution in [2.24, 2.45) is 0 Å². The standard InChI is InChI=1S/C21H33NO6/c1-4-7-8-13-22(21(25)27-6-3)14-15-28-18-11-9-17(10-12-18)16-19(20(23)24)26-5-2/h9-12,19H,4-8,13-16H2,1-3H3,(H,23,24). The molecule has 1 amide bonds.